The number of halogens is 4. The summed E-state index contributed by atoms with van der Waals surface area (Å²) in [5, 5.41) is 0. The van der Waals surface area contributed by atoms with Crippen LogP contribution in [0.4, 0.5) is 0 Å². The first kappa shape index (κ1) is 16.5. The van der Waals surface area contributed by atoms with Crippen LogP contribution in [0, 0.1) is 7.14 Å². The fourth-order valence-corrected chi connectivity index (χ4v) is 4.30. The molecule has 2 rings (SSSR count). The molecule has 0 aliphatic heterocycles. The van der Waals surface area contributed by atoms with Gasteiger partial charge in [0.1, 0.15) is 0 Å². The van der Waals surface area contributed by atoms with E-state index in [2.05, 4.69) is 66.6 Å². The highest BCUT2D eigenvalue weighted by molar-refractivity contribution is 14.2. The van der Waals surface area contributed by atoms with Crippen LogP contribution in [0.3, 0.4) is 0 Å². The average Bonchev–Trinajstić information content (AvgIpc) is 2.29. The fraction of sp³-hybridized carbons (Fsp3) is 0. The van der Waals surface area contributed by atoms with E-state index >= 15 is 0 Å². The molecule has 0 amide bonds. The lowest BCUT2D eigenvalue weighted by atomic mass is 10.4. The van der Waals surface area contributed by atoms with E-state index < -0.39 is 19.8 Å². The van der Waals surface area contributed by atoms with Crippen LogP contribution >= 0.6 is 74.2 Å². The molecule has 0 fully saturated rings. The summed E-state index contributed by atoms with van der Waals surface area (Å²) in [5.41, 5.74) is 0. The minimum Gasteiger partial charge on any atom is -0.230 e. The Kier molecular flexibility index (Phi) is 7.89. The maximum atomic E-state index is 10.5. The van der Waals surface area contributed by atoms with Gasteiger partial charge in [0.25, 0.3) is 0 Å². The van der Waals surface area contributed by atoms with Crippen molar-refractivity contribution >= 4 is 74.2 Å². The summed E-state index contributed by atoms with van der Waals surface area (Å²) in [6.45, 7) is 0. The standard InChI is InChI=1S/C6H4BrIO2.C6H4BrI/c7-5-2-1-3-6(4-5)8(9)10;7-5-2-1-3-6(8)4-5/h1-4H;1-4H. The van der Waals surface area contributed by atoms with Gasteiger partial charge in [0.15, 0.2) is 0 Å². The summed E-state index contributed by atoms with van der Waals surface area (Å²) in [6, 6.07) is 14.9. The summed E-state index contributed by atoms with van der Waals surface area (Å²) < 4.78 is 24.6. The van der Waals surface area contributed by atoms with E-state index in [4.69, 9.17) is 0 Å². The van der Waals surface area contributed by atoms with Gasteiger partial charge in [-0.1, -0.05) is 44.0 Å². The molecule has 0 N–H and O–H groups in total. The number of hydrogen-bond donors (Lipinski definition) is 0. The van der Waals surface area contributed by atoms with Gasteiger partial charge in [-0.25, -0.2) is 6.14 Å². The molecule has 6 heteroatoms. The Labute approximate surface area is 143 Å². The molecule has 0 saturated heterocycles. The molecule has 0 aliphatic rings. The zero-order valence-corrected chi connectivity index (χ0v) is 16.4. The van der Waals surface area contributed by atoms with Crippen molar-refractivity contribution in [2.24, 2.45) is 0 Å². The second kappa shape index (κ2) is 8.60. The van der Waals surface area contributed by atoms with Gasteiger partial charge < -0.3 is 0 Å². The van der Waals surface area contributed by atoms with Crippen LogP contribution in [0.2, 0.25) is 0 Å². The van der Waals surface area contributed by atoms with Crippen LogP contribution in [0.25, 0.3) is 0 Å². The van der Waals surface area contributed by atoms with Crippen LogP contribution in [-0.4, -0.2) is 0 Å². The van der Waals surface area contributed by atoms with Gasteiger partial charge in [-0.05, 0) is 59.0 Å². The average molecular weight is 598 g/mol. The molecule has 0 aromatic heterocycles. The lowest BCUT2D eigenvalue weighted by Gasteiger charge is -1.87. The monoisotopic (exact) mass is 596 g/mol. The molecule has 18 heavy (non-hydrogen) atoms. The van der Waals surface area contributed by atoms with E-state index in [9.17, 15) is 6.14 Å². The quantitative estimate of drug-likeness (QED) is 0.386. The van der Waals surface area contributed by atoms with E-state index in [1.54, 1.807) is 24.3 Å². The third-order valence-corrected chi connectivity index (χ3v) is 5.10. The van der Waals surface area contributed by atoms with Gasteiger partial charge in [-0.15, -0.1) is 0 Å². The van der Waals surface area contributed by atoms with Crippen molar-refractivity contribution in [1.82, 2.24) is 0 Å². The van der Waals surface area contributed by atoms with Crippen molar-refractivity contribution < 1.29 is 6.14 Å². The summed E-state index contributed by atoms with van der Waals surface area (Å²) in [7, 11) is 0. The maximum Gasteiger partial charge on any atom is 0.340 e. The molecule has 2 aromatic carbocycles. The Balaban J connectivity index is 0.000000184. The predicted octanol–water partition coefficient (Wildman–Crippen LogP) is 5.87. The summed E-state index contributed by atoms with van der Waals surface area (Å²) in [4.78, 5) is 0. The Bertz CT molecular complexity index is 573. The number of rotatable bonds is 1. The minimum atomic E-state index is -3.24. The molecule has 0 radical (unpaired) electrons. The van der Waals surface area contributed by atoms with E-state index in [-0.39, 0.29) is 0 Å². The second-order valence-corrected chi connectivity index (χ2v) is 8.66. The van der Waals surface area contributed by atoms with Crippen molar-refractivity contribution in [3.8, 4) is 0 Å². The highest BCUT2D eigenvalue weighted by atomic mass is 127. The molecule has 2 nitrogen and oxygen atoms in total. The summed E-state index contributed by atoms with van der Waals surface area (Å²) in [6.07, 6.45) is 0. The molecule has 0 unspecified atom stereocenters. The van der Waals surface area contributed by atoms with Crippen LogP contribution in [0.5, 0.6) is 0 Å². The zero-order valence-electron chi connectivity index (χ0n) is 8.95. The molecule has 2 aromatic rings. The fourth-order valence-electron chi connectivity index (χ4n) is 1.02. The summed E-state index contributed by atoms with van der Waals surface area (Å²) in [5.74, 6) is 0. The lowest BCUT2D eigenvalue weighted by molar-refractivity contribution is 0.610. The van der Waals surface area contributed by atoms with E-state index in [0.29, 0.717) is 3.57 Å². The molecule has 0 spiro atoms. The Morgan fingerprint density at radius 1 is 0.889 bits per heavy atom. The van der Waals surface area contributed by atoms with Crippen molar-refractivity contribution in [1.29, 1.82) is 0 Å². The largest absolute Gasteiger partial charge is 0.340 e. The normalized spacial score (nSPS) is 9.78. The van der Waals surface area contributed by atoms with Gasteiger partial charge in [0, 0.05) is 12.5 Å². The summed E-state index contributed by atoms with van der Waals surface area (Å²) >= 11 is 5.57. The molecular weight excluding hydrogens is 590 g/mol. The first-order chi connectivity index (χ1) is 8.49. The molecule has 0 atom stereocenters. The van der Waals surface area contributed by atoms with Gasteiger partial charge in [0.05, 0.1) is 3.57 Å². The van der Waals surface area contributed by atoms with Gasteiger partial charge >= 0.3 is 19.8 Å². The molecule has 0 heterocycles. The van der Waals surface area contributed by atoms with Crippen molar-refractivity contribution in [3.63, 3.8) is 0 Å². The Morgan fingerprint density at radius 3 is 1.78 bits per heavy atom. The first-order valence-electron chi connectivity index (χ1n) is 4.71. The van der Waals surface area contributed by atoms with E-state index in [0.717, 1.165) is 8.95 Å². The van der Waals surface area contributed by atoms with Crippen molar-refractivity contribution in [2.45, 2.75) is 0 Å². The first-order valence-corrected chi connectivity index (χ1v) is 10.2. The SMILES string of the molecule is Brc1cccc(I)c1.O=I(=O)c1cccc(Br)c1. The Hall–Kier alpha value is 0.460. The molecule has 96 valence electrons. The Morgan fingerprint density at radius 2 is 1.44 bits per heavy atom. The van der Waals surface area contributed by atoms with Crippen molar-refractivity contribution in [2.75, 3.05) is 0 Å². The minimum absolute atomic E-state index is 0.429. The number of hydrogen-bond acceptors (Lipinski definition) is 2. The van der Waals surface area contributed by atoms with Crippen LogP contribution in [-0.2, 0) is 6.14 Å². The molecule has 0 bridgehead atoms. The smallest absolute Gasteiger partial charge is 0.230 e. The van der Waals surface area contributed by atoms with E-state index in [1.807, 2.05) is 12.1 Å². The van der Waals surface area contributed by atoms with Gasteiger partial charge in [-0.3, -0.25) is 0 Å². The third-order valence-electron chi connectivity index (χ3n) is 1.75. The van der Waals surface area contributed by atoms with Crippen LogP contribution in [0.1, 0.15) is 0 Å². The third kappa shape index (κ3) is 6.58. The maximum absolute atomic E-state index is 10.5. The highest BCUT2D eigenvalue weighted by Gasteiger charge is 1.96. The van der Waals surface area contributed by atoms with Crippen LogP contribution < -0.4 is 0 Å². The predicted molar refractivity (Wildman–Crippen MR) is 95.1 cm³/mol. The molecule has 0 saturated carbocycles. The van der Waals surface area contributed by atoms with Gasteiger partial charge in [-0.2, -0.15) is 0 Å². The van der Waals surface area contributed by atoms with E-state index in [1.165, 1.54) is 3.57 Å². The second-order valence-electron chi connectivity index (χ2n) is 3.10. The highest BCUT2D eigenvalue weighted by Crippen LogP contribution is 2.20. The molecular formula is C12H8Br2I2O2. The lowest BCUT2D eigenvalue weighted by Crippen LogP contribution is -1.69. The van der Waals surface area contributed by atoms with Gasteiger partial charge in [0.2, 0.25) is 0 Å². The molecule has 0 aliphatic carbocycles. The van der Waals surface area contributed by atoms with Crippen molar-refractivity contribution in [3.05, 3.63) is 64.6 Å². The zero-order chi connectivity index (χ0) is 13.5. The number of benzene rings is 2. The topological polar surface area (TPSA) is 34.1 Å². The van der Waals surface area contributed by atoms with Crippen LogP contribution in [0.15, 0.2) is 57.5 Å².